The van der Waals surface area contributed by atoms with Crippen LogP contribution in [0, 0.1) is 0 Å². The van der Waals surface area contributed by atoms with Crippen LogP contribution in [0.1, 0.15) is 5.56 Å². The number of hydrogen-bond donors (Lipinski definition) is 4. The van der Waals surface area contributed by atoms with E-state index in [0.717, 1.165) is 38.1 Å². The number of ether oxygens (including phenoxy) is 1. The summed E-state index contributed by atoms with van der Waals surface area (Å²) < 4.78 is 6.34. The molecule has 6 N–H and O–H groups in total. The van der Waals surface area contributed by atoms with Crippen molar-refractivity contribution in [3.8, 4) is 5.75 Å². The van der Waals surface area contributed by atoms with E-state index in [9.17, 15) is 0 Å². The molecule has 0 atom stereocenters. The second-order valence-corrected chi connectivity index (χ2v) is 7.28. The van der Waals surface area contributed by atoms with Crippen LogP contribution in [0.4, 0.5) is 11.5 Å². The second kappa shape index (κ2) is 7.51. The number of nitrogens with zero attached hydrogens (tertiary/aromatic N) is 2. The molecule has 4 rings (SSSR count). The number of methoxy groups -OCH3 is 1. The third-order valence-electron chi connectivity index (χ3n) is 4.35. The fourth-order valence-corrected chi connectivity index (χ4v) is 4.21. The number of rotatable bonds is 4. The zero-order valence-electron chi connectivity index (χ0n) is 14.9. The molecule has 0 aliphatic heterocycles. The van der Waals surface area contributed by atoms with Crippen LogP contribution in [0.2, 0.25) is 5.02 Å². The average molecular weight is 413 g/mol. The molecular weight excluding hydrogens is 396 g/mol. The molecule has 2 aromatic carbocycles. The van der Waals surface area contributed by atoms with Crippen molar-refractivity contribution in [3.05, 3.63) is 58.4 Å². The van der Waals surface area contributed by atoms with Gasteiger partial charge in [0, 0.05) is 26.7 Å². The number of anilines is 2. The van der Waals surface area contributed by atoms with E-state index in [-0.39, 0.29) is 0 Å². The number of thiophene rings is 1. The summed E-state index contributed by atoms with van der Waals surface area (Å²) >= 11 is 7.90. The van der Waals surface area contributed by atoms with Crippen molar-refractivity contribution in [2.75, 3.05) is 12.4 Å². The van der Waals surface area contributed by atoms with Crippen molar-refractivity contribution in [1.82, 2.24) is 10.4 Å². The van der Waals surface area contributed by atoms with Gasteiger partial charge >= 0.3 is 0 Å². The number of fused-ring (bicyclic) bond motifs is 3. The Morgan fingerprint density at radius 2 is 2.04 bits per heavy atom. The van der Waals surface area contributed by atoms with E-state index in [0.29, 0.717) is 16.6 Å². The summed E-state index contributed by atoms with van der Waals surface area (Å²) in [5, 5.41) is 11.7. The summed E-state index contributed by atoms with van der Waals surface area (Å²) in [5.74, 6) is 12.6. The highest BCUT2D eigenvalue weighted by molar-refractivity contribution is 7.18. The standard InChI is InChI=1S/C19H17ClN6OS/c1-27-16-5-3-11(9-14(16)20)23-19-13-6-7-28-17(13)12-4-2-10(8-15(12)24-19)18(25-21)26-22/h2-9H,21-22H2,1H3,(H,23,24)(H,25,26). The van der Waals surface area contributed by atoms with E-state index in [2.05, 4.69) is 15.8 Å². The Hall–Kier alpha value is -3.07. The molecule has 0 aliphatic rings. The average Bonchev–Trinajstić information content (AvgIpc) is 3.19. The first-order valence-electron chi connectivity index (χ1n) is 8.31. The third-order valence-corrected chi connectivity index (χ3v) is 5.59. The zero-order chi connectivity index (χ0) is 19.7. The fourth-order valence-electron chi connectivity index (χ4n) is 3.02. The molecule has 7 nitrogen and oxygen atoms in total. The van der Waals surface area contributed by atoms with Crippen molar-refractivity contribution in [2.45, 2.75) is 0 Å². The van der Waals surface area contributed by atoms with Crippen LogP contribution in [0.15, 0.2) is 52.9 Å². The number of amidine groups is 1. The maximum atomic E-state index is 6.25. The number of halogens is 1. The molecule has 9 heteroatoms. The Labute approximate surface area is 169 Å². The first-order valence-corrected chi connectivity index (χ1v) is 9.56. The Bertz CT molecular complexity index is 1210. The van der Waals surface area contributed by atoms with Crippen LogP contribution < -0.4 is 27.2 Å². The van der Waals surface area contributed by atoms with Gasteiger partial charge in [0.1, 0.15) is 11.6 Å². The molecule has 0 fully saturated rings. The number of pyridine rings is 1. The van der Waals surface area contributed by atoms with Crippen LogP contribution in [0.5, 0.6) is 5.75 Å². The number of benzene rings is 2. The number of hydrazone groups is 1. The molecule has 0 saturated heterocycles. The van der Waals surface area contributed by atoms with E-state index >= 15 is 0 Å². The zero-order valence-corrected chi connectivity index (χ0v) is 16.4. The Kier molecular flexibility index (Phi) is 4.91. The number of nitrogens with one attached hydrogen (secondary N) is 2. The molecule has 28 heavy (non-hydrogen) atoms. The molecule has 0 radical (unpaired) electrons. The summed E-state index contributed by atoms with van der Waals surface area (Å²) in [6.07, 6.45) is 0. The van der Waals surface area contributed by atoms with Gasteiger partial charge < -0.3 is 21.3 Å². The van der Waals surface area contributed by atoms with Crippen molar-refractivity contribution in [1.29, 1.82) is 0 Å². The van der Waals surface area contributed by atoms with Crippen molar-refractivity contribution in [3.63, 3.8) is 0 Å². The van der Waals surface area contributed by atoms with Crippen molar-refractivity contribution in [2.24, 2.45) is 16.8 Å². The number of nitrogens with two attached hydrogens (primary N) is 2. The lowest BCUT2D eigenvalue weighted by Gasteiger charge is -2.12. The van der Waals surface area contributed by atoms with Gasteiger partial charge in [0.05, 0.1) is 17.6 Å². The number of hydrazine groups is 1. The van der Waals surface area contributed by atoms with Gasteiger partial charge in [-0.3, -0.25) is 0 Å². The predicted molar refractivity (Wildman–Crippen MR) is 116 cm³/mol. The first-order chi connectivity index (χ1) is 13.6. The maximum absolute atomic E-state index is 6.25. The number of hydrogen-bond acceptors (Lipinski definition) is 7. The van der Waals surface area contributed by atoms with Crippen molar-refractivity contribution < 1.29 is 4.74 Å². The predicted octanol–water partition coefficient (Wildman–Crippen LogP) is 3.94. The fraction of sp³-hybridized carbons (Fsp3) is 0.0526. The Morgan fingerprint density at radius 1 is 1.18 bits per heavy atom. The van der Waals surface area contributed by atoms with E-state index in [1.165, 1.54) is 0 Å². The van der Waals surface area contributed by atoms with E-state index < -0.39 is 0 Å². The quantitative estimate of drug-likeness (QED) is 0.175. The first kappa shape index (κ1) is 18.3. The molecular formula is C19H17ClN6OS. The van der Waals surface area contributed by atoms with Gasteiger partial charge in [-0.15, -0.1) is 11.3 Å². The summed E-state index contributed by atoms with van der Waals surface area (Å²) in [6, 6.07) is 13.3. The van der Waals surface area contributed by atoms with Gasteiger partial charge in [0.25, 0.3) is 0 Å². The van der Waals surface area contributed by atoms with Crippen LogP contribution in [-0.4, -0.2) is 17.9 Å². The van der Waals surface area contributed by atoms with E-state index in [4.69, 9.17) is 33.0 Å². The van der Waals surface area contributed by atoms with Crippen LogP contribution in [0.25, 0.3) is 21.0 Å². The van der Waals surface area contributed by atoms with Gasteiger partial charge in [-0.1, -0.05) is 23.7 Å². The molecule has 0 saturated carbocycles. The highest BCUT2D eigenvalue weighted by Gasteiger charge is 2.13. The minimum Gasteiger partial charge on any atom is -0.495 e. The minimum absolute atomic E-state index is 0.381. The lowest BCUT2D eigenvalue weighted by molar-refractivity contribution is 0.415. The molecule has 2 aromatic heterocycles. The molecule has 142 valence electrons. The number of aromatic nitrogens is 1. The minimum atomic E-state index is 0.381. The highest BCUT2D eigenvalue weighted by Crippen LogP contribution is 2.36. The maximum Gasteiger partial charge on any atom is 0.166 e. The molecule has 0 aliphatic carbocycles. The monoisotopic (exact) mass is 412 g/mol. The smallest absolute Gasteiger partial charge is 0.166 e. The van der Waals surface area contributed by atoms with Crippen LogP contribution in [-0.2, 0) is 0 Å². The molecule has 0 unspecified atom stereocenters. The van der Waals surface area contributed by atoms with E-state index in [1.54, 1.807) is 24.5 Å². The van der Waals surface area contributed by atoms with Crippen LogP contribution in [0.3, 0.4) is 0 Å². The summed E-state index contributed by atoms with van der Waals surface area (Å²) in [4.78, 5) is 4.81. The lowest BCUT2D eigenvalue weighted by atomic mass is 10.1. The Morgan fingerprint density at radius 3 is 2.75 bits per heavy atom. The molecule has 0 amide bonds. The van der Waals surface area contributed by atoms with E-state index in [1.807, 2.05) is 41.8 Å². The third kappa shape index (κ3) is 3.18. The largest absolute Gasteiger partial charge is 0.495 e. The van der Waals surface area contributed by atoms with Gasteiger partial charge in [-0.05, 0) is 35.7 Å². The molecule has 4 aromatic rings. The van der Waals surface area contributed by atoms with Crippen LogP contribution >= 0.6 is 22.9 Å². The summed E-state index contributed by atoms with van der Waals surface area (Å²) in [7, 11) is 1.58. The van der Waals surface area contributed by atoms with Gasteiger partial charge in [0.2, 0.25) is 0 Å². The Balaban J connectivity index is 1.84. The molecule has 2 heterocycles. The topological polar surface area (TPSA) is 111 Å². The second-order valence-electron chi connectivity index (χ2n) is 5.95. The van der Waals surface area contributed by atoms with Gasteiger partial charge in [0.15, 0.2) is 5.84 Å². The summed E-state index contributed by atoms with van der Waals surface area (Å²) in [6.45, 7) is 0. The van der Waals surface area contributed by atoms with Gasteiger partial charge in [-0.2, -0.15) is 5.10 Å². The molecule has 0 spiro atoms. The lowest BCUT2D eigenvalue weighted by Crippen LogP contribution is -2.32. The highest BCUT2D eigenvalue weighted by atomic mass is 35.5. The summed E-state index contributed by atoms with van der Waals surface area (Å²) in [5.41, 5.74) is 4.85. The SMILES string of the molecule is COc1ccc(Nc2nc3cc(/C(=N/N)NN)ccc3c3sccc23)cc1Cl. The van der Waals surface area contributed by atoms with Crippen molar-refractivity contribution >= 4 is 61.3 Å². The van der Waals surface area contributed by atoms with Gasteiger partial charge in [-0.25, -0.2) is 10.8 Å². The normalized spacial score (nSPS) is 11.8. The molecule has 0 bridgehead atoms.